The zero-order valence-corrected chi connectivity index (χ0v) is 19.1. The SMILES string of the molecule is CN=CC(F)=C(N)[C@H]1C[C@H]2CSC(NC(=O)c3ccccc3)=N[C@@]2(c2ccc(F)cc2F)CO1. The van der Waals surface area contributed by atoms with E-state index < -0.39 is 29.1 Å². The lowest BCUT2D eigenvalue weighted by molar-refractivity contribution is -0.0408. The van der Waals surface area contributed by atoms with Crippen molar-refractivity contribution in [3.8, 4) is 0 Å². The first-order valence-corrected chi connectivity index (χ1v) is 11.6. The summed E-state index contributed by atoms with van der Waals surface area (Å²) >= 11 is 1.30. The predicted octanol–water partition coefficient (Wildman–Crippen LogP) is 3.94. The lowest BCUT2D eigenvalue weighted by Crippen LogP contribution is -2.52. The summed E-state index contributed by atoms with van der Waals surface area (Å²) in [5.41, 5.74) is 5.20. The number of nitrogens with zero attached hydrogens (tertiary/aromatic N) is 2. The Kier molecular flexibility index (Phi) is 7.08. The molecule has 2 heterocycles. The number of nitrogens with two attached hydrogens (primary N) is 1. The molecule has 0 bridgehead atoms. The number of amidine groups is 1. The second-order valence-corrected chi connectivity index (χ2v) is 9.03. The molecule has 34 heavy (non-hydrogen) atoms. The van der Waals surface area contributed by atoms with Crippen LogP contribution in [-0.2, 0) is 10.3 Å². The van der Waals surface area contributed by atoms with Crippen LogP contribution in [0.5, 0.6) is 0 Å². The second-order valence-electron chi connectivity index (χ2n) is 8.02. The Morgan fingerprint density at radius 3 is 2.76 bits per heavy atom. The van der Waals surface area contributed by atoms with Crippen LogP contribution in [0.3, 0.4) is 0 Å². The molecule has 3 atom stereocenters. The third kappa shape index (κ3) is 4.74. The van der Waals surface area contributed by atoms with E-state index in [0.717, 1.165) is 18.3 Å². The predicted molar refractivity (Wildman–Crippen MR) is 126 cm³/mol. The summed E-state index contributed by atoms with van der Waals surface area (Å²) in [6.07, 6.45) is 0.505. The monoisotopic (exact) mass is 488 g/mol. The molecule has 2 aromatic carbocycles. The molecule has 0 spiro atoms. The van der Waals surface area contributed by atoms with Gasteiger partial charge < -0.3 is 15.8 Å². The van der Waals surface area contributed by atoms with Crippen LogP contribution < -0.4 is 11.1 Å². The maximum absolute atomic E-state index is 15.0. The van der Waals surface area contributed by atoms with Crippen LogP contribution in [-0.4, -0.2) is 42.8 Å². The van der Waals surface area contributed by atoms with E-state index in [-0.39, 0.29) is 36.1 Å². The van der Waals surface area contributed by atoms with E-state index in [1.165, 1.54) is 24.9 Å². The molecule has 10 heteroatoms. The van der Waals surface area contributed by atoms with Crippen molar-refractivity contribution in [1.82, 2.24) is 5.32 Å². The second kappa shape index (κ2) is 10.0. The van der Waals surface area contributed by atoms with Crippen LogP contribution in [0.4, 0.5) is 13.2 Å². The highest BCUT2D eigenvalue weighted by atomic mass is 32.2. The first-order chi connectivity index (χ1) is 16.3. The summed E-state index contributed by atoms with van der Waals surface area (Å²) < 4.78 is 48.8. The number of thioether (sulfide) groups is 1. The van der Waals surface area contributed by atoms with E-state index in [9.17, 15) is 18.0 Å². The summed E-state index contributed by atoms with van der Waals surface area (Å²) in [6.45, 7) is -0.132. The Bertz CT molecular complexity index is 1170. The molecule has 4 rings (SSSR count). The third-order valence-corrected chi connectivity index (χ3v) is 6.96. The zero-order chi connectivity index (χ0) is 24.3. The van der Waals surface area contributed by atoms with E-state index in [4.69, 9.17) is 15.5 Å². The molecule has 2 aliphatic heterocycles. The first-order valence-electron chi connectivity index (χ1n) is 10.6. The number of nitrogens with one attached hydrogen (secondary N) is 1. The highest BCUT2D eigenvalue weighted by Crippen LogP contribution is 2.47. The van der Waals surface area contributed by atoms with Crippen LogP contribution in [0.15, 0.2) is 70.0 Å². The molecule has 1 amide bonds. The van der Waals surface area contributed by atoms with Gasteiger partial charge in [-0.05, 0) is 24.6 Å². The topological polar surface area (TPSA) is 89.1 Å². The molecule has 1 fully saturated rings. The molecule has 2 aliphatic rings. The number of aliphatic imine (C=N–C) groups is 2. The van der Waals surface area contributed by atoms with Crippen molar-refractivity contribution in [2.45, 2.75) is 18.1 Å². The molecule has 0 radical (unpaired) electrons. The van der Waals surface area contributed by atoms with Gasteiger partial charge in [0.1, 0.15) is 23.3 Å². The van der Waals surface area contributed by atoms with Crippen molar-refractivity contribution in [2.75, 3.05) is 19.4 Å². The Balaban J connectivity index is 1.70. The van der Waals surface area contributed by atoms with Crippen LogP contribution in [0.1, 0.15) is 22.3 Å². The Morgan fingerprint density at radius 2 is 2.06 bits per heavy atom. The molecule has 3 N–H and O–H groups in total. The van der Waals surface area contributed by atoms with Gasteiger partial charge in [-0.1, -0.05) is 36.0 Å². The van der Waals surface area contributed by atoms with Crippen molar-refractivity contribution in [3.05, 3.63) is 82.8 Å². The quantitative estimate of drug-likeness (QED) is 0.638. The third-order valence-electron chi connectivity index (χ3n) is 5.92. The van der Waals surface area contributed by atoms with Crippen LogP contribution in [0.2, 0.25) is 0 Å². The summed E-state index contributed by atoms with van der Waals surface area (Å²) in [7, 11) is 1.43. The molecular formula is C24H23F3N4O2S. The fourth-order valence-electron chi connectivity index (χ4n) is 4.17. The molecule has 2 aromatic rings. The smallest absolute Gasteiger partial charge is 0.257 e. The largest absolute Gasteiger partial charge is 0.397 e. The molecule has 0 unspecified atom stereocenters. The average Bonchev–Trinajstić information content (AvgIpc) is 2.83. The highest BCUT2D eigenvalue weighted by molar-refractivity contribution is 8.13. The normalized spacial score (nSPS) is 25.4. The number of carbonyl (C=O) groups is 1. The van der Waals surface area contributed by atoms with Crippen LogP contribution >= 0.6 is 11.8 Å². The average molecular weight is 489 g/mol. The minimum atomic E-state index is -1.24. The maximum Gasteiger partial charge on any atom is 0.257 e. The van der Waals surface area contributed by atoms with E-state index in [0.29, 0.717) is 16.5 Å². The Morgan fingerprint density at radius 1 is 1.29 bits per heavy atom. The maximum atomic E-state index is 15.0. The summed E-state index contributed by atoms with van der Waals surface area (Å²) in [5, 5.41) is 3.07. The molecular weight excluding hydrogens is 465 g/mol. The van der Waals surface area contributed by atoms with E-state index in [1.54, 1.807) is 30.3 Å². The number of hydrogen-bond donors (Lipinski definition) is 2. The highest BCUT2D eigenvalue weighted by Gasteiger charge is 2.50. The van der Waals surface area contributed by atoms with E-state index >= 15 is 0 Å². The molecule has 1 saturated heterocycles. The summed E-state index contributed by atoms with van der Waals surface area (Å²) in [4.78, 5) is 21.0. The van der Waals surface area contributed by atoms with Gasteiger partial charge in [-0.25, -0.2) is 18.2 Å². The number of halogens is 3. The van der Waals surface area contributed by atoms with Gasteiger partial charge in [-0.3, -0.25) is 9.79 Å². The number of amides is 1. The van der Waals surface area contributed by atoms with Gasteiger partial charge >= 0.3 is 0 Å². The van der Waals surface area contributed by atoms with Crippen molar-refractivity contribution < 1.29 is 22.7 Å². The number of allylic oxidation sites excluding steroid dienone is 1. The summed E-state index contributed by atoms with van der Waals surface area (Å²) in [5.74, 6) is -2.44. The standard InChI is InChI=1S/C24H23F3N4O2S/c1-29-11-19(27)21(28)20-9-15-12-34-23(30-22(32)14-5-3-2-4-6-14)31-24(15,13-33-20)17-8-7-16(25)10-18(17)26/h2-8,10-11,15,20H,9,12-13,28H2,1H3,(H,30,31,32)/t15-,20+,24-/m0/s1. The number of hydrogen-bond acceptors (Lipinski definition) is 6. The number of benzene rings is 2. The van der Waals surface area contributed by atoms with Gasteiger partial charge in [0.05, 0.1) is 18.5 Å². The first kappa shape index (κ1) is 24.0. The number of ether oxygens (including phenoxy) is 1. The number of carbonyl (C=O) groups excluding carboxylic acids is 1. The van der Waals surface area contributed by atoms with Crippen LogP contribution in [0.25, 0.3) is 0 Å². The Labute approximate surface area is 199 Å². The molecule has 178 valence electrons. The fraction of sp³-hybridized carbons (Fsp3) is 0.292. The van der Waals surface area contributed by atoms with Crippen LogP contribution in [0, 0.1) is 17.6 Å². The van der Waals surface area contributed by atoms with E-state index in [2.05, 4.69) is 10.3 Å². The number of rotatable bonds is 4. The molecule has 0 saturated carbocycles. The minimum absolute atomic E-state index is 0.101. The van der Waals surface area contributed by atoms with Gasteiger partial charge in [0.15, 0.2) is 11.0 Å². The lowest BCUT2D eigenvalue weighted by Gasteiger charge is -2.46. The minimum Gasteiger partial charge on any atom is -0.397 e. The molecule has 6 nitrogen and oxygen atoms in total. The van der Waals surface area contributed by atoms with Gasteiger partial charge in [0, 0.05) is 35.9 Å². The molecule has 0 aromatic heterocycles. The zero-order valence-electron chi connectivity index (χ0n) is 18.3. The Hall–Kier alpha value is -3.11. The van der Waals surface area contributed by atoms with Crippen molar-refractivity contribution in [2.24, 2.45) is 21.6 Å². The van der Waals surface area contributed by atoms with Gasteiger partial charge in [-0.15, -0.1) is 0 Å². The van der Waals surface area contributed by atoms with Crippen molar-refractivity contribution >= 4 is 29.1 Å². The fourth-order valence-corrected chi connectivity index (χ4v) is 5.33. The lowest BCUT2D eigenvalue weighted by atomic mass is 9.74. The van der Waals surface area contributed by atoms with Gasteiger partial charge in [0.2, 0.25) is 0 Å². The van der Waals surface area contributed by atoms with Gasteiger partial charge in [0.25, 0.3) is 5.91 Å². The van der Waals surface area contributed by atoms with Gasteiger partial charge in [-0.2, -0.15) is 0 Å². The van der Waals surface area contributed by atoms with E-state index in [1.807, 2.05) is 0 Å². The van der Waals surface area contributed by atoms with Crippen molar-refractivity contribution in [1.29, 1.82) is 0 Å². The van der Waals surface area contributed by atoms with Crippen molar-refractivity contribution in [3.63, 3.8) is 0 Å². The number of fused-ring (bicyclic) bond motifs is 1. The summed E-state index contributed by atoms with van der Waals surface area (Å²) in [6, 6.07) is 11.9. The molecule has 0 aliphatic carbocycles.